The molecule has 0 fully saturated rings. The second kappa shape index (κ2) is 25.0. The minimum Gasteiger partial charge on any atom is -0.493 e. The van der Waals surface area contributed by atoms with Gasteiger partial charge in [-0.05, 0) is 154 Å². The maximum atomic E-state index is 14.2. The van der Waals surface area contributed by atoms with Gasteiger partial charge in [-0.25, -0.2) is 0 Å². The number of aryl methyl sites for hydroxylation is 2. The number of aliphatic imine (C=N–C) groups is 2. The van der Waals surface area contributed by atoms with Gasteiger partial charge in [0.2, 0.25) is 11.8 Å². The van der Waals surface area contributed by atoms with Crippen LogP contribution in [0.4, 0.5) is 22.7 Å². The van der Waals surface area contributed by atoms with Gasteiger partial charge in [-0.3, -0.25) is 43.7 Å². The molecule has 0 bridgehead atoms. The molecule has 406 valence electrons. The van der Waals surface area contributed by atoms with E-state index in [4.69, 9.17) is 19.2 Å². The van der Waals surface area contributed by atoms with Gasteiger partial charge in [0.25, 0.3) is 11.8 Å². The summed E-state index contributed by atoms with van der Waals surface area (Å²) < 4.78 is 18.8. The number of amides is 4. The highest BCUT2D eigenvalue weighted by atomic mass is 16.5. The number of ketones is 2. The Bertz CT molecular complexity index is 3170. The average Bonchev–Trinajstić information content (AvgIpc) is 3.99. The summed E-state index contributed by atoms with van der Waals surface area (Å²) in [6.07, 6.45) is 11.5. The van der Waals surface area contributed by atoms with E-state index in [1.807, 2.05) is 96.6 Å². The fraction of sp³-hybridized carbons (Fsp3) is 0.397. The number of fused-ring (bicyclic) bond motifs is 8. The minimum absolute atomic E-state index is 0.0588. The summed E-state index contributed by atoms with van der Waals surface area (Å²) >= 11 is 0. The highest BCUT2D eigenvalue weighted by Crippen LogP contribution is 2.42. The zero-order chi connectivity index (χ0) is 54.9. The number of para-hydroxylation sites is 2. The molecule has 78 heavy (non-hydrogen) atoms. The Morgan fingerprint density at radius 3 is 2.14 bits per heavy atom. The van der Waals surface area contributed by atoms with Crippen LogP contribution in [0.15, 0.2) is 101 Å². The number of carbonyl (C=O) groups excluding carboxylic acids is 6. The molecular weight excluding hydrogens is 985 g/mol. The summed E-state index contributed by atoms with van der Waals surface area (Å²) in [5.41, 5.74) is 9.18. The maximum absolute atomic E-state index is 14.2. The van der Waals surface area contributed by atoms with Crippen molar-refractivity contribution in [1.29, 1.82) is 0 Å². The monoisotopic (exact) mass is 1050 g/mol. The van der Waals surface area contributed by atoms with Gasteiger partial charge < -0.3 is 29.7 Å². The van der Waals surface area contributed by atoms with Crippen LogP contribution < -0.4 is 34.6 Å². The molecule has 5 aromatic rings. The predicted octanol–water partition coefficient (Wildman–Crippen LogP) is 10.8. The Labute approximate surface area is 456 Å². The first kappa shape index (κ1) is 54.8. The second-order valence-electron chi connectivity index (χ2n) is 21.0. The molecule has 15 heteroatoms. The van der Waals surface area contributed by atoms with Gasteiger partial charge in [-0.1, -0.05) is 49.7 Å². The van der Waals surface area contributed by atoms with E-state index in [1.165, 1.54) is 5.56 Å². The molecule has 4 aliphatic rings. The topological polar surface area (TPSA) is 185 Å². The summed E-state index contributed by atoms with van der Waals surface area (Å²) in [5.74, 6) is -0.251. The summed E-state index contributed by atoms with van der Waals surface area (Å²) in [6.45, 7) is 8.00. The molecule has 5 aromatic carbocycles. The third-order valence-corrected chi connectivity index (χ3v) is 15.3. The zero-order valence-electron chi connectivity index (χ0n) is 45.4. The van der Waals surface area contributed by atoms with Crippen molar-refractivity contribution in [2.45, 2.75) is 143 Å². The van der Waals surface area contributed by atoms with E-state index in [2.05, 4.69) is 21.7 Å². The van der Waals surface area contributed by atoms with Gasteiger partial charge >= 0.3 is 0 Å². The number of anilines is 3. The molecule has 4 aliphatic heterocycles. The Hall–Kier alpha value is -7.94. The number of benzene rings is 5. The van der Waals surface area contributed by atoms with E-state index in [-0.39, 0.29) is 67.4 Å². The van der Waals surface area contributed by atoms with E-state index in [1.54, 1.807) is 45.4 Å². The third-order valence-electron chi connectivity index (χ3n) is 15.3. The SMILES string of the molecule is CC=NCCCCCC(=O)CCCCC(=O)N[C@@H](C)C(=O)C[C@@H](C)C(=O)Nc1cc(COc2cc3c(cc2C)C(=O)N2c4ccccc4C[C@H]2C=N3)cc(COc2cc3c(cc2OC)C(=O)N2c4ccccc4C[C@H]2CC3)c1. The number of carbonyl (C=O) groups is 6. The third kappa shape index (κ3) is 12.7. The fourth-order valence-electron chi connectivity index (χ4n) is 11.0. The van der Waals surface area contributed by atoms with Crippen molar-refractivity contribution in [3.05, 3.63) is 136 Å². The quantitative estimate of drug-likeness (QED) is 0.0448. The first-order chi connectivity index (χ1) is 37.8. The maximum Gasteiger partial charge on any atom is 0.261 e. The van der Waals surface area contributed by atoms with Crippen molar-refractivity contribution >= 4 is 70.4 Å². The average molecular weight is 1060 g/mol. The number of unbranched alkanes of at least 4 members (excludes halogenated alkanes) is 3. The Balaban J connectivity index is 0.867. The summed E-state index contributed by atoms with van der Waals surface area (Å²) in [4.78, 5) is 93.3. The van der Waals surface area contributed by atoms with Crippen molar-refractivity contribution in [2.75, 3.05) is 28.8 Å². The molecule has 0 aliphatic carbocycles. The number of hydrogen-bond acceptors (Lipinski definition) is 11. The van der Waals surface area contributed by atoms with Crippen LogP contribution in [0, 0.1) is 12.8 Å². The molecule has 0 aromatic heterocycles. The smallest absolute Gasteiger partial charge is 0.261 e. The number of Topliss-reactive ketones (excluding diaryl/α,β-unsaturated/α-hetero) is 2. The van der Waals surface area contributed by atoms with E-state index < -0.39 is 17.9 Å². The lowest BCUT2D eigenvalue weighted by Crippen LogP contribution is -2.39. The molecule has 9 rings (SSSR count). The van der Waals surface area contributed by atoms with Crippen molar-refractivity contribution in [2.24, 2.45) is 15.9 Å². The lowest BCUT2D eigenvalue weighted by atomic mass is 9.99. The van der Waals surface area contributed by atoms with Crippen LogP contribution in [0.25, 0.3) is 0 Å². The number of ether oxygens (including phenoxy) is 3. The van der Waals surface area contributed by atoms with Gasteiger partial charge in [-0.15, -0.1) is 0 Å². The molecule has 0 unspecified atom stereocenters. The summed E-state index contributed by atoms with van der Waals surface area (Å²) in [7, 11) is 1.55. The van der Waals surface area contributed by atoms with Crippen molar-refractivity contribution < 1.29 is 43.0 Å². The van der Waals surface area contributed by atoms with Crippen LogP contribution in [0.1, 0.15) is 139 Å². The van der Waals surface area contributed by atoms with Crippen LogP contribution in [0.5, 0.6) is 17.2 Å². The van der Waals surface area contributed by atoms with Gasteiger partial charge in [0.15, 0.2) is 17.3 Å². The number of hydrogen-bond donors (Lipinski definition) is 2. The number of nitrogens with one attached hydrogen (secondary N) is 2. The van der Waals surface area contributed by atoms with Gasteiger partial charge in [0.05, 0.1) is 30.4 Å². The summed E-state index contributed by atoms with van der Waals surface area (Å²) in [5, 5.41) is 5.79. The van der Waals surface area contributed by atoms with Gasteiger partial charge in [0.1, 0.15) is 24.7 Å². The molecule has 4 amide bonds. The first-order valence-corrected chi connectivity index (χ1v) is 27.5. The molecule has 0 saturated carbocycles. The number of nitrogens with zero attached hydrogens (tertiary/aromatic N) is 4. The number of rotatable bonds is 24. The van der Waals surface area contributed by atoms with Gasteiger partial charge in [0, 0.05) is 85.5 Å². The largest absolute Gasteiger partial charge is 0.493 e. The Morgan fingerprint density at radius 2 is 1.41 bits per heavy atom. The lowest BCUT2D eigenvalue weighted by Gasteiger charge is -2.23. The van der Waals surface area contributed by atoms with Crippen LogP contribution in [0.3, 0.4) is 0 Å². The molecule has 0 spiro atoms. The van der Waals surface area contributed by atoms with Crippen molar-refractivity contribution in [1.82, 2.24) is 5.32 Å². The highest BCUT2D eigenvalue weighted by molar-refractivity contribution is 6.15. The van der Waals surface area contributed by atoms with Crippen LogP contribution in [-0.4, -0.2) is 79.4 Å². The van der Waals surface area contributed by atoms with Crippen molar-refractivity contribution in [3.63, 3.8) is 0 Å². The highest BCUT2D eigenvalue weighted by Gasteiger charge is 2.39. The molecule has 15 nitrogen and oxygen atoms in total. The van der Waals surface area contributed by atoms with Crippen LogP contribution in [-0.2, 0) is 51.7 Å². The minimum atomic E-state index is -0.804. The van der Waals surface area contributed by atoms with E-state index in [0.29, 0.717) is 89.4 Å². The molecule has 4 atom stereocenters. The van der Waals surface area contributed by atoms with Crippen LogP contribution in [0.2, 0.25) is 0 Å². The normalized spacial score (nSPS) is 16.7. The molecule has 0 saturated heterocycles. The fourth-order valence-corrected chi connectivity index (χ4v) is 11.0. The second-order valence-corrected chi connectivity index (χ2v) is 21.0. The number of methoxy groups -OCH3 is 1. The first-order valence-electron chi connectivity index (χ1n) is 27.5. The predicted molar refractivity (Wildman–Crippen MR) is 303 cm³/mol. The van der Waals surface area contributed by atoms with Gasteiger partial charge in [-0.2, -0.15) is 0 Å². The van der Waals surface area contributed by atoms with E-state index in [0.717, 1.165) is 66.7 Å². The molecule has 0 radical (unpaired) electrons. The molecule has 4 heterocycles. The van der Waals surface area contributed by atoms with Crippen molar-refractivity contribution in [3.8, 4) is 17.2 Å². The molecule has 2 N–H and O–H groups in total. The molecular formula is C63H70N6O9. The summed E-state index contributed by atoms with van der Waals surface area (Å²) in [6, 6.07) is 27.9. The van der Waals surface area contributed by atoms with Crippen LogP contribution >= 0.6 is 0 Å². The van der Waals surface area contributed by atoms with E-state index >= 15 is 0 Å². The van der Waals surface area contributed by atoms with E-state index in [9.17, 15) is 28.8 Å². The Kier molecular flexibility index (Phi) is 17.6. The Morgan fingerprint density at radius 1 is 0.744 bits per heavy atom. The standard InChI is InChI=1S/C63H70N6O9/c1-6-64-25-15-7-8-18-50(70)19-11-14-22-60(72)66-41(4)56(71)27-40(3)61(73)67-47-29-42(37-77-57-35-53-52(26-39(57)2)63(75)69-49(36-65-53)32-46-17-10-13-21-55(46)69)28-43(30-47)38-78-59-33-44-23-24-48-31-45-16-9-12-20-54(45)68(48)62(74)51(44)34-58(59)76-5/h6,9-10,12-13,16-17,20-21,26,28-30,33-36,40-41,48-49H,7-8,11,14-15,18-19,22-25,27,31-32,37-38H2,1-5H3,(H,66,72)(H,67,73)/t40-,41+,48-,49+/m1/s1. The zero-order valence-corrected chi connectivity index (χ0v) is 45.4. The lowest BCUT2D eigenvalue weighted by molar-refractivity contribution is -0.129.